The molecule has 0 aliphatic carbocycles. The Morgan fingerprint density at radius 2 is 1.69 bits per heavy atom. The summed E-state index contributed by atoms with van der Waals surface area (Å²) in [5, 5.41) is 13.7. The normalized spacial score (nSPS) is 18.5. The summed E-state index contributed by atoms with van der Waals surface area (Å²) in [6, 6.07) is 15.4. The van der Waals surface area contributed by atoms with Crippen LogP contribution in [0.1, 0.15) is 12.0 Å². The molecule has 1 unspecified atom stereocenters. The summed E-state index contributed by atoms with van der Waals surface area (Å²) >= 11 is 0. The predicted octanol–water partition coefficient (Wildman–Crippen LogP) is 1.45. The van der Waals surface area contributed by atoms with Crippen LogP contribution in [-0.2, 0) is 20.8 Å². The van der Waals surface area contributed by atoms with Crippen LogP contribution in [-0.4, -0.2) is 78.3 Å². The number of anilines is 1. The number of para-hydroxylation sites is 1. The topological polar surface area (TPSA) is 116 Å². The number of non-ortho nitro benzene ring substituents is 1. The van der Waals surface area contributed by atoms with Gasteiger partial charge in [0.1, 0.15) is 0 Å². The van der Waals surface area contributed by atoms with Crippen molar-refractivity contribution in [2.24, 2.45) is 5.92 Å². The van der Waals surface area contributed by atoms with Crippen LogP contribution in [0.15, 0.2) is 54.6 Å². The van der Waals surface area contributed by atoms with Gasteiger partial charge in [0.15, 0.2) is 0 Å². The molecule has 0 radical (unpaired) electrons. The molecule has 2 aliphatic heterocycles. The molecule has 0 bridgehead atoms. The highest BCUT2D eigenvalue weighted by Crippen LogP contribution is 2.24. The zero-order valence-electron chi connectivity index (χ0n) is 19.5. The first-order valence-electron chi connectivity index (χ1n) is 11.8. The molecule has 1 N–H and O–H groups in total. The Kier molecular flexibility index (Phi) is 7.71. The first-order chi connectivity index (χ1) is 16.9. The van der Waals surface area contributed by atoms with E-state index < -0.39 is 4.92 Å². The summed E-state index contributed by atoms with van der Waals surface area (Å²) < 4.78 is 0. The van der Waals surface area contributed by atoms with E-state index in [2.05, 4.69) is 10.2 Å². The van der Waals surface area contributed by atoms with Crippen molar-refractivity contribution >= 4 is 29.1 Å². The van der Waals surface area contributed by atoms with E-state index in [0.29, 0.717) is 45.8 Å². The van der Waals surface area contributed by atoms with Crippen molar-refractivity contribution in [1.29, 1.82) is 0 Å². The zero-order chi connectivity index (χ0) is 24.8. The highest BCUT2D eigenvalue weighted by molar-refractivity contribution is 6.00. The molecule has 10 nitrogen and oxygen atoms in total. The molecular formula is C25H29N5O5. The van der Waals surface area contributed by atoms with Crippen molar-refractivity contribution in [1.82, 2.24) is 15.1 Å². The second kappa shape index (κ2) is 11.1. The predicted molar refractivity (Wildman–Crippen MR) is 130 cm³/mol. The smallest absolute Gasteiger partial charge is 0.269 e. The molecule has 2 aromatic rings. The molecule has 4 rings (SSSR count). The maximum Gasteiger partial charge on any atom is 0.269 e. The van der Waals surface area contributed by atoms with Gasteiger partial charge < -0.3 is 15.1 Å². The number of carbonyl (C=O) groups excluding carboxylic acids is 3. The SMILES string of the molecule is O=C(NCCN1CCN(C(=O)Cc2ccc([N+](=O)[O-])cc2)CC1)C1CC(=O)N(c2ccccc2)C1. The average molecular weight is 480 g/mol. The van der Waals surface area contributed by atoms with Crippen molar-refractivity contribution < 1.29 is 19.3 Å². The van der Waals surface area contributed by atoms with Gasteiger partial charge in [-0.05, 0) is 17.7 Å². The maximum absolute atomic E-state index is 12.6. The Hall–Kier alpha value is -3.79. The lowest BCUT2D eigenvalue weighted by molar-refractivity contribution is -0.384. The number of piperazine rings is 1. The number of nitrogens with zero attached hydrogens (tertiary/aromatic N) is 4. The molecule has 10 heteroatoms. The molecule has 2 heterocycles. The minimum Gasteiger partial charge on any atom is -0.355 e. The highest BCUT2D eigenvalue weighted by Gasteiger charge is 2.35. The summed E-state index contributed by atoms with van der Waals surface area (Å²) in [4.78, 5) is 53.5. The number of hydrogen-bond acceptors (Lipinski definition) is 6. The van der Waals surface area contributed by atoms with Crippen molar-refractivity contribution in [3.8, 4) is 0 Å². The number of hydrogen-bond donors (Lipinski definition) is 1. The van der Waals surface area contributed by atoms with Crippen LogP contribution in [0.5, 0.6) is 0 Å². The Labute approximate surface area is 203 Å². The molecule has 35 heavy (non-hydrogen) atoms. The van der Waals surface area contributed by atoms with E-state index in [-0.39, 0.29) is 42.2 Å². The van der Waals surface area contributed by atoms with Gasteiger partial charge in [-0.2, -0.15) is 0 Å². The van der Waals surface area contributed by atoms with E-state index in [9.17, 15) is 24.5 Å². The van der Waals surface area contributed by atoms with E-state index in [4.69, 9.17) is 0 Å². The number of nitro groups is 1. The molecule has 0 aromatic heterocycles. The molecule has 2 fully saturated rings. The summed E-state index contributed by atoms with van der Waals surface area (Å²) in [5.41, 5.74) is 1.57. The second-order valence-electron chi connectivity index (χ2n) is 8.85. The average Bonchev–Trinajstić information content (AvgIpc) is 3.27. The Bertz CT molecular complexity index is 1070. The lowest BCUT2D eigenvalue weighted by Crippen LogP contribution is -2.50. The quantitative estimate of drug-likeness (QED) is 0.453. The zero-order valence-corrected chi connectivity index (χ0v) is 19.5. The first kappa shape index (κ1) is 24.3. The minimum atomic E-state index is -0.458. The van der Waals surface area contributed by atoms with Crippen LogP contribution in [0.3, 0.4) is 0 Å². The fraction of sp³-hybridized carbons (Fsp3) is 0.400. The molecule has 2 aliphatic rings. The van der Waals surface area contributed by atoms with Crippen LogP contribution < -0.4 is 10.2 Å². The van der Waals surface area contributed by atoms with Gasteiger partial charge in [0.25, 0.3) is 5.69 Å². The van der Waals surface area contributed by atoms with Gasteiger partial charge >= 0.3 is 0 Å². The van der Waals surface area contributed by atoms with Gasteiger partial charge in [-0.15, -0.1) is 0 Å². The summed E-state index contributed by atoms with van der Waals surface area (Å²) in [5.74, 6) is -0.489. The minimum absolute atomic E-state index is 0.000627. The number of benzene rings is 2. The molecule has 1 atom stereocenters. The van der Waals surface area contributed by atoms with Gasteiger partial charge in [-0.1, -0.05) is 30.3 Å². The van der Waals surface area contributed by atoms with Gasteiger partial charge in [0.05, 0.1) is 17.3 Å². The van der Waals surface area contributed by atoms with Crippen molar-refractivity contribution in [3.05, 3.63) is 70.3 Å². The first-order valence-corrected chi connectivity index (χ1v) is 11.8. The highest BCUT2D eigenvalue weighted by atomic mass is 16.6. The van der Waals surface area contributed by atoms with E-state index >= 15 is 0 Å². The van der Waals surface area contributed by atoms with Crippen LogP contribution in [0.2, 0.25) is 0 Å². The number of carbonyl (C=O) groups is 3. The van der Waals surface area contributed by atoms with Crippen molar-refractivity contribution in [2.75, 3.05) is 50.7 Å². The Morgan fingerprint density at radius 1 is 1.00 bits per heavy atom. The van der Waals surface area contributed by atoms with Crippen molar-refractivity contribution in [2.45, 2.75) is 12.8 Å². The second-order valence-corrected chi connectivity index (χ2v) is 8.85. The molecule has 2 saturated heterocycles. The molecular weight excluding hydrogens is 450 g/mol. The number of nitro benzene ring substituents is 1. The Morgan fingerprint density at radius 3 is 2.34 bits per heavy atom. The monoisotopic (exact) mass is 479 g/mol. The fourth-order valence-electron chi connectivity index (χ4n) is 4.47. The van der Waals surface area contributed by atoms with E-state index in [1.54, 1.807) is 21.9 Å². The van der Waals surface area contributed by atoms with Gasteiger partial charge in [-0.25, -0.2) is 0 Å². The third kappa shape index (κ3) is 6.21. The van der Waals surface area contributed by atoms with Gasteiger partial charge in [-0.3, -0.25) is 29.4 Å². The number of rotatable bonds is 8. The lowest BCUT2D eigenvalue weighted by Gasteiger charge is -2.34. The number of nitrogens with one attached hydrogen (secondary N) is 1. The van der Waals surface area contributed by atoms with E-state index in [1.807, 2.05) is 30.3 Å². The van der Waals surface area contributed by atoms with Crippen LogP contribution >= 0.6 is 0 Å². The van der Waals surface area contributed by atoms with Gasteiger partial charge in [0.2, 0.25) is 17.7 Å². The Balaban J connectivity index is 1.15. The van der Waals surface area contributed by atoms with E-state index in [1.165, 1.54) is 12.1 Å². The lowest BCUT2D eigenvalue weighted by atomic mass is 10.1. The largest absolute Gasteiger partial charge is 0.355 e. The maximum atomic E-state index is 12.6. The van der Waals surface area contributed by atoms with Crippen molar-refractivity contribution in [3.63, 3.8) is 0 Å². The summed E-state index contributed by atoms with van der Waals surface area (Å²) in [7, 11) is 0. The van der Waals surface area contributed by atoms with Crippen LogP contribution in [0, 0.1) is 16.0 Å². The van der Waals surface area contributed by atoms with Crippen LogP contribution in [0.25, 0.3) is 0 Å². The van der Waals surface area contributed by atoms with E-state index in [0.717, 1.165) is 11.3 Å². The molecule has 0 saturated carbocycles. The molecule has 184 valence electrons. The van der Waals surface area contributed by atoms with Gasteiger partial charge in [0, 0.05) is 70.1 Å². The standard InChI is InChI=1S/C25H29N5O5/c31-23(16-19-6-8-22(9-7-19)30(34)35)28-14-12-27(13-15-28)11-10-26-25(33)20-17-24(32)29(18-20)21-4-2-1-3-5-21/h1-9,20H,10-18H2,(H,26,33). The summed E-state index contributed by atoms with van der Waals surface area (Å²) in [6.45, 7) is 4.19. The fourth-order valence-corrected chi connectivity index (χ4v) is 4.47. The van der Waals surface area contributed by atoms with Crippen LogP contribution in [0.4, 0.5) is 11.4 Å². The number of amides is 3. The molecule has 2 aromatic carbocycles. The third-order valence-electron chi connectivity index (χ3n) is 6.52. The molecule has 3 amide bonds. The summed E-state index contributed by atoms with van der Waals surface area (Å²) in [6.07, 6.45) is 0.435. The molecule has 0 spiro atoms. The third-order valence-corrected chi connectivity index (χ3v) is 6.52.